The molecule has 0 bridgehead atoms. The fraction of sp³-hybridized carbons (Fsp3) is 0.609. The molecule has 0 spiro atoms. The Morgan fingerprint density at radius 2 is 1.90 bits per heavy atom. The number of carbonyl (C=O) groups is 3. The van der Waals surface area contributed by atoms with Gasteiger partial charge in [0.05, 0.1) is 16.6 Å². The molecule has 1 aliphatic heterocycles. The normalized spacial score (nSPS) is 20.4. The number of hydrogen-bond acceptors (Lipinski definition) is 9. The highest BCUT2D eigenvalue weighted by atomic mass is 79.9. The van der Waals surface area contributed by atoms with Crippen LogP contribution < -0.4 is 22.3 Å². The number of halogens is 4. The molecule has 2 rings (SSSR count). The van der Waals surface area contributed by atoms with Crippen LogP contribution in [-0.4, -0.2) is 69.0 Å². The summed E-state index contributed by atoms with van der Waals surface area (Å²) in [5.74, 6) is -4.45. The SMILES string of the molecule is C=CC(N=[N+]=[N-])[C@H]1O[C@@H](n2cc(Br)c(=O)[nH]c2=O)C[C@@H]1OC(=O)[C@@H](NC(=O)[C@@H](N)C(C)C)C(C)C.O=C(O)C(F)(F)F. The number of carboxylic acid groups (broad SMARTS) is 1. The standard InChI is InChI=1S/C21H30BrN7O6.C2HF3O2/c1-6-12(27-28-24)17-13(7-14(35-17)29-8-11(22)18(30)26-21(29)33)34-20(32)16(10(4)5)25-19(31)15(23)9(2)3;3-2(4,5)1(6)7/h6,8-10,12-17H,1,7,23H2,2-5H3,(H,25,31)(H,26,30,33);(H,6,7)/t12?,13-,14+,15-,16-,17+;/m0./s1. The lowest BCUT2D eigenvalue weighted by Crippen LogP contribution is -2.53. The number of carboxylic acids is 1. The Kier molecular flexibility index (Phi) is 13.4. The predicted molar refractivity (Wildman–Crippen MR) is 144 cm³/mol. The van der Waals surface area contributed by atoms with Gasteiger partial charge in [-0.2, -0.15) is 13.2 Å². The third-order valence-electron chi connectivity index (χ3n) is 5.86. The average molecular weight is 670 g/mol. The molecular formula is C23H31BrF3N7O8. The fourth-order valence-electron chi connectivity index (χ4n) is 3.51. The zero-order valence-electron chi connectivity index (χ0n) is 22.9. The van der Waals surface area contributed by atoms with E-state index in [0.717, 1.165) is 4.57 Å². The highest BCUT2D eigenvalue weighted by Crippen LogP contribution is 2.34. The summed E-state index contributed by atoms with van der Waals surface area (Å²) in [5.41, 5.74) is 13.5. The van der Waals surface area contributed by atoms with Crippen molar-refractivity contribution in [1.82, 2.24) is 14.9 Å². The zero-order chi connectivity index (χ0) is 32.5. The molecule has 1 aromatic rings. The molecule has 0 aromatic carbocycles. The predicted octanol–water partition coefficient (Wildman–Crippen LogP) is 2.12. The Morgan fingerprint density at radius 1 is 1.33 bits per heavy atom. The van der Waals surface area contributed by atoms with Gasteiger partial charge in [-0.3, -0.25) is 19.1 Å². The molecule has 15 nitrogen and oxygen atoms in total. The summed E-state index contributed by atoms with van der Waals surface area (Å²) in [6.45, 7) is 10.7. The van der Waals surface area contributed by atoms with Crippen LogP contribution in [0.2, 0.25) is 0 Å². The van der Waals surface area contributed by atoms with Crippen LogP contribution in [0.25, 0.3) is 10.4 Å². The molecule has 234 valence electrons. The van der Waals surface area contributed by atoms with Crippen LogP contribution in [-0.2, 0) is 23.9 Å². The van der Waals surface area contributed by atoms with E-state index in [1.54, 1.807) is 27.7 Å². The monoisotopic (exact) mass is 669 g/mol. The van der Waals surface area contributed by atoms with Crippen molar-refractivity contribution in [2.45, 2.75) is 76.9 Å². The van der Waals surface area contributed by atoms with E-state index in [0.29, 0.717) is 0 Å². The van der Waals surface area contributed by atoms with E-state index >= 15 is 0 Å². The number of aromatic nitrogens is 2. The molecule has 42 heavy (non-hydrogen) atoms. The Balaban J connectivity index is 0.00000112. The zero-order valence-corrected chi connectivity index (χ0v) is 24.5. The van der Waals surface area contributed by atoms with Crippen molar-refractivity contribution in [2.24, 2.45) is 22.7 Å². The molecular weight excluding hydrogens is 639 g/mol. The van der Waals surface area contributed by atoms with Crippen LogP contribution in [0.3, 0.4) is 0 Å². The van der Waals surface area contributed by atoms with Gasteiger partial charge in [-0.15, -0.1) is 6.58 Å². The summed E-state index contributed by atoms with van der Waals surface area (Å²) in [5, 5.41) is 13.4. The molecule has 0 radical (unpaired) electrons. The van der Waals surface area contributed by atoms with Crippen LogP contribution in [0.5, 0.6) is 0 Å². The number of aliphatic carboxylic acids is 1. The molecule has 1 amide bonds. The number of amides is 1. The average Bonchev–Trinajstić information content (AvgIpc) is 3.29. The van der Waals surface area contributed by atoms with Crippen molar-refractivity contribution in [3.63, 3.8) is 0 Å². The van der Waals surface area contributed by atoms with Crippen LogP contribution in [0, 0.1) is 11.8 Å². The molecule has 0 saturated carbocycles. The van der Waals surface area contributed by atoms with Gasteiger partial charge in [0.15, 0.2) is 0 Å². The highest BCUT2D eigenvalue weighted by molar-refractivity contribution is 9.10. The van der Waals surface area contributed by atoms with Gasteiger partial charge in [0, 0.05) is 17.5 Å². The van der Waals surface area contributed by atoms with Crippen LogP contribution in [0.1, 0.15) is 40.3 Å². The topological polar surface area (TPSA) is 232 Å². The number of ether oxygens (including phenoxy) is 2. The van der Waals surface area contributed by atoms with Crippen LogP contribution >= 0.6 is 15.9 Å². The molecule has 2 heterocycles. The first kappa shape index (κ1) is 36.4. The lowest BCUT2D eigenvalue weighted by atomic mass is 10.0. The number of hydrogen-bond donors (Lipinski definition) is 4. The Hall–Kier alpha value is -3.67. The second kappa shape index (κ2) is 15.5. The third-order valence-corrected chi connectivity index (χ3v) is 6.43. The lowest BCUT2D eigenvalue weighted by molar-refractivity contribution is -0.192. The Morgan fingerprint density at radius 3 is 2.36 bits per heavy atom. The number of esters is 1. The number of nitrogens with two attached hydrogens (primary N) is 1. The molecule has 19 heteroatoms. The summed E-state index contributed by atoms with van der Waals surface area (Å²) in [4.78, 5) is 63.5. The van der Waals surface area contributed by atoms with Gasteiger partial charge >= 0.3 is 23.8 Å². The number of carbonyl (C=O) groups excluding carboxylic acids is 2. The van der Waals surface area contributed by atoms with Gasteiger partial charge in [-0.25, -0.2) is 14.4 Å². The van der Waals surface area contributed by atoms with Crippen molar-refractivity contribution in [3.05, 3.63) is 54.6 Å². The minimum atomic E-state index is -5.08. The van der Waals surface area contributed by atoms with Crippen LogP contribution in [0.4, 0.5) is 13.2 Å². The first-order chi connectivity index (χ1) is 19.3. The number of nitrogens with one attached hydrogen (secondary N) is 2. The molecule has 1 aliphatic rings. The second-order valence-corrected chi connectivity index (χ2v) is 10.5. The quantitative estimate of drug-likeness (QED) is 0.0937. The molecule has 1 unspecified atom stereocenters. The maximum atomic E-state index is 13.1. The minimum Gasteiger partial charge on any atom is -0.475 e. The number of H-pyrrole nitrogens is 1. The van der Waals surface area contributed by atoms with E-state index in [9.17, 15) is 32.3 Å². The van der Waals surface area contributed by atoms with Crippen molar-refractivity contribution in [3.8, 4) is 0 Å². The first-order valence-electron chi connectivity index (χ1n) is 12.2. The lowest BCUT2D eigenvalue weighted by Gasteiger charge is -2.27. The van der Waals surface area contributed by atoms with Crippen molar-refractivity contribution >= 4 is 33.8 Å². The highest BCUT2D eigenvalue weighted by Gasteiger charge is 2.44. The summed E-state index contributed by atoms with van der Waals surface area (Å²) >= 11 is 3.07. The summed E-state index contributed by atoms with van der Waals surface area (Å²) in [7, 11) is 0. The van der Waals surface area contributed by atoms with E-state index in [1.807, 2.05) is 0 Å². The Labute approximate surface area is 245 Å². The fourth-order valence-corrected chi connectivity index (χ4v) is 3.83. The van der Waals surface area contributed by atoms with E-state index in [1.165, 1.54) is 12.3 Å². The molecule has 1 fully saturated rings. The molecule has 6 atom stereocenters. The van der Waals surface area contributed by atoms with Crippen molar-refractivity contribution < 1.29 is 42.1 Å². The van der Waals surface area contributed by atoms with Gasteiger partial charge in [0.2, 0.25) is 5.91 Å². The third kappa shape index (κ3) is 10.0. The second-order valence-electron chi connectivity index (χ2n) is 9.64. The molecule has 1 saturated heterocycles. The van der Waals surface area contributed by atoms with E-state index in [2.05, 4.69) is 42.8 Å². The van der Waals surface area contributed by atoms with E-state index in [4.69, 9.17) is 30.6 Å². The number of alkyl halides is 3. The summed E-state index contributed by atoms with van der Waals surface area (Å²) in [6, 6.07) is -2.73. The van der Waals surface area contributed by atoms with Crippen molar-refractivity contribution in [2.75, 3.05) is 0 Å². The number of azide groups is 1. The summed E-state index contributed by atoms with van der Waals surface area (Å²) < 4.78 is 44.6. The summed E-state index contributed by atoms with van der Waals surface area (Å²) in [6.07, 6.45) is -5.37. The Bertz CT molecular complexity index is 1310. The van der Waals surface area contributed by atoms with Gasteiger partial charge in [0.25, 0.3) is 5.56 Å². The molecule has 0 aliphatic carbocycles. The van der Waals surface area contributed by atoms with Crippen LogP contribution in [0.15, 0.2) is 38.0 Å². The smallest absolute Gasteiger partial charge is 0.475 e. The maximum Gasteiger partial charge on any atom is 0.490 e. The molecule has 1 aromatic heterocycles. The van der Waals surface area contributed by atoms with E-state index < -0.39 is 71.8 Å². The first-order valence-corrected chi connectivity index (χ1v) is 13.0. The largest absolute Gasteiger partial charge is 0.490 e. The van der Waals surface area contributed by atoms with E-state index in [-0.39, 0.29) is 22.7 Å². The number of nitrogens with zero attached hydrogens (tertiary/aromatic N) is 4. The van der Waals surface area contributed by atoms with Gasteiger partial charge < -0.3 is 25.6 Å². The minimum absolute atomic E-state index is 0.00432. The van der Waals surface area contributed by atoms with Crippen molar-refractivity contribution in [1.29, 1.82) is 0 Å². The van der Waals surface area contributed by atoms with Gasteiger partial charge in [-0.05, 0) is 33.3 Å². The maximum absolute atomic E-state index is 13.1. The molecule has 5 N–H and O–H groups in total. The van der Waals surface area contributed by atoms with Gasteiger partial charge in [0.1, 0.15) is 24.5 Å². The van der Waals surface area contributed by atoms with Gasteiger partial charge in [-0.1, -0.05) is 38.9 Å². The number of rotatable bonds is 10. The number of aromatic amines is 1.